The first kappa shape index (κ1) is 20.0. The molecule has 2 N–H and O–H groups in total. The summed E-state index contributed by atoms with van der Waals surface area (Å²) < 4.78 is 104. The molecule has 1 aliphatic rings. The third-order valence-corrected chi connectivity index (χ3v) is 6.03. The van der Waals surface area contributed by atoms with Crippen LogP contribution in [0.4, 0.5) is 26.3 Å². The SMILES string of the molecule is NC(c1cccc(S(=O)(=O)N2CCCCC2)c1)(C(F)(F)F)C(F)(F)F. The Labute approximate surface area is 140 Å². The number of rotatable bonds is 3. The molecule has 11 heteroatoms. The minimum absolute atomic E-state index is 0.166. The molecule has 0 aliphatic carbocycles. The number of hydrogen-bond acceptors (Lipinski definition) is 3. The van der Waals surface area contributed by atoms with Gasteiger partial charge in [-0.3, -0.25) is 0 Å². The van der Waals surface area contributed by atoms with Crippen molar-refractivity contribution in [3.8, 4) is 0 Å². The summed E-state index contributed by atoms with van der Waals surface area (Å²) in [7, 11) is -4.19. The van der Waals surface area contributed by atoms with Gasteiger partial charge in [0, 0.05) is 13.1 Å². The molecule has 1 aromatic rings. The molecule has 0 spiro atoms. The van der Waals surface area contributed by atoms with Crippen LogP contribution in [0.5, 0.6) is 0 Å². The summed E-state index contributed by atoms with van der Waals surface area (Å²) >= 11 is 0. The van der Waals surface area contributed by atoms with Gasteiger partial charge in [-0.2, -0.15) is 30.6 Å². The molecule has 142 valence electrons. The van der Waals surface area contributed by atoms with Crippen LogP contribution in [-0.4, -0.2) is 38.2 Å². The number of halogens is 6. The van der Waals surface area contributed by atoms with Crippen LogP contribution in [0.3, 0.4) is 0 Å². The Morgan fingerprint density at radius 2 is 1.44 bits per heavy atom. The van der Waals surface area contributed by atoms with Gasteiger partial charge in [-0.05, 0) is 30.5 Å². The number of nitrogens with zero attached hydrogens (tertiary/aromatic N) is 1. The molecule has 4 nitrogen and oxygen atoms in total. The van der Waals surface area contributed by atoms with Crippen molar-refractivity contribution in [1.82, 2.24) is 4.31 Å². The number of piperidine rings is 1. The van der Waals surface area contributed by atoms with E-state index in [4.69, 9.17) is 5.73 Å². The summed E-state index contributed by atoms with van der Waals surface area (Å²) in [4.78, 5) is -0.643. The van der Waals surface area contributed by atoms with Crippen LogP contribution in [-0.2, 0) is 15.6 Å². The zero-order valence-electron chi connectivity index (χ0n) is 12.9. The van der Waals surface area contributed by atoms with E-state index in [2.05, 4.69) is 0 Å². The first-order valence-electron chi connectivity index (χ1n) is 7.35. The zero-order chi connectivity index (χ0) is 19.1. The van der Waals surface area contributed by atoms with Gasteiger partial charge in [-0.15, -0.1) is 0 Å². The van der Waals surface area contributed by atoms with Gasteiger partial charge >= 0.3 is 12.4 Å². The first-order chi connectivity index (χ1) is 11.3. The maximum Gasteiger partial charge on any atom is 0.419 e. The third-order valence-electron chi connectivity index (χ3n) is 4.14. The first-order valence-corrected chi connectivity index (χ1v) is 8.79. The van der Waals surface area contributed by atoms with Crippen molar-refractivity contribution >= 4 is 10.0 Å². The largest absolute Gasteiger partial charge is 0.419 e. The highest BCUT2D eigenvalue weighted by atomic mass is 32.2. The van der Waals surface area contributed by atoms with E-state index in [0.717, 1.165) is 22.9 Å². The fourth-order valence-electron chi connectivity index (χ4n) is 2.64. The van der Waals surface area contributed by atoms with Gasteiger partial charge in [-0.1, -0.05) is 18.6 Å². The van der Waals surface area contributed by atoms with Crippen molar-refractivity contribution in [2.75, 3.05) is 13.1 Å². The van der Waals surface area contributed by atoms with Gasteiger partial charge in [0.2, 0.25) is 15.6 Å². The highest BCUT2D eigenvalue weighted by Crippen LogP contribution is 2.48. The van der Waals surface area contributed by atoms with E-state index in [0.29, 0.717) is 25.0 Å². The second-order valence-electron chi connectivity index (χ2n) is 5.80. The van der Waals surface area contributed by atoms with Crippen LogP contribution < -0.4 is 5.73 Å². The Balaban J connectivity index is 2.54. The standard InChI is InChI=1S/C14H16F6N2O2S/c15-13(16,17)12(21,14(18,19)20)10-5-4-6-11(9-10)25(23,24)22-7-2-1-3-8-22/h4-6,9H,1-3,7-8,21H2. The molecule has 1 saturated heterocycles. The quantitative estimate of drug-likeness (QED) is 0.807. The number of hydrogen-bond donors (Lipinski definition) is 1. The van der Waals surface area contributed by atoms with E-state index in [1.165, 1.54) is 0 Å². The normalized spacial score (nSPS) is 18.4. The molecule has 25 heavy (non-hydrogen) atoms. The Morgan fingerprint density at radius 1 is 0.920 bits per heavy atom. The van der Waals surface area contributed by atoms with Gasteiger partial charge in [0.25, 0.3) is 0 Å². The number of alkyl halides is 6. The predicted molar refractivity (Wildman–Crippen MR) is 77.0 cm³/mol. The van der Waals surface area contributed by atoms with Gasteiger partial charge in [0.1, 0.15) is 0 Å². The molecule has 2 rings (SSSR count). The van der Waals surface area contributed by atoms with Crippen molar-refractivity contribution in [2.24, 2.45) is 5.73 Å². The van der Waals surface area contributed by atoms with Crippen LogP contribution in [0.15, 0.2) is 29.2 Å². The van der Waals surface area contributed by atoms with Crippen LogP contribution >= 0.6 is 0 Å². The van der Waals surface area contributed by atoms with Crippen molar-refractivity contribution in [3.63, 3.8) is 0 Å². The fourth-order valence-corrected chi connectivity index (χ4v) is 4.21. The molecule has 1 aromatic carbocycles. The lowest BCUT2D eigenvalue weighted by molar-refractivity contribution is -0.301. The topological polar surface area (TPSA) is 63.4 Å². The molecule has 0 atom stereocenters. The van der Waals surface area contributed by atoms with Gasteiger partial charge in [0.05, 0.1) is 4.90 Å². The number of sulfonamides is 1. The molecular formula is C14H16F6N2O2S. The predicted octanol–water partition coefficient (Wildman–Crippen LogP) is 3.14. The lowest BCUT2D eigenvalue weighted by Gasteiger charge is -2.34. The maximum absolute atomic E-state index is 13.1. The molecule has 1 heterocycles. The smallest absolute Gasteiger partial charge is 0.306 e. The molecular weight excluding hydrogens is 374 g/mol. The molecule has 0 radical (unpaired) electrons. The van der Waals surface area contributed by atoms with E-state index in [1.807, 2.05) is 0 Å². The van der Waals surface area contributed by atoms with Crippen LogP contribution in [0.1, 0.15) is 24.8 Å². The molecule has 1 fully saturated rings. The average Bonchev–Trinajstić information content (AvgIpc) is 2.53. The number of nitrogens with two attached hydrogens (primary N) is 1. The van der Waals surface area contributed by atoms with E-state index in [9.17, 15) is 34.8 Å². The maximum atomic E-state index is 13.1. The molecule has 0 saturated carbocycles. The van der Waals surface area contributed by atoms with Crippen LogP contribution in [0, 0.1) is 0 Å². The summed E-state index contributed by atoms with van der Waals surface area (Å²) in [6, 6.07) is 2.66. The van der Waals surface area contributed by atoms with E-state index in [-0.39, 0.29) is 13.1 Å². The van der Waals surface area contributed by atoms with E-state index in [1.54, 1.807) is 0 Å². The monoisotopic (exact) mass is 390 g/mol. The third kappa shape index (κ3) is 3.49. The van der Waals surface area contributed by atoms with E-state index < -0.39 is 38.4 Å². The highest BCUT2D eigenvalue weighted by molar-refractivity contribution is 7.89. The number of benzene rings is 1. The van der Waals surface area contributed by atoms with Crippen molar-refractivity contribution < 1.29 is 34.8 Å². The fraction of sp³-hybridized carbons (Fsp3) is 0.571. The molecule has 0 bridgehead atoms. The summed E-state index contributed by atoms with van der Waals surface area (Å²) in [5, 5.41) is 0. The summed E-state index contributed by atoms with van der Waals surface area (Å²) in [5.74, 6) is 0. The Bertz CT molecular complexity index is 710. The Hall–Kier alpha value is -1.33. The Kier molecular flexibility index (Phi) is 5.15. The molecule has 1 aliphatic heterocycles. The summed E-state index contributed by atoms with van der Waals surface area (Å²) in [6.45, 7) is 0.331. The van der Waals surface area contributed by atoms with Crippen molar-refractivity contribution in [3.05, 3.63) is 29.8 Å². The second-order valence-corrected chi connectivity index (χ2v) is 7.73. The zero-order valence-corrected chi connectivity index (χ0v) is 13.7. The highest BCUT2D eigenvalue weighted by Gasteiger charge is 2.69. The van der Waals surface area contributed by atoms with Crippen molar-refractivity contribution in [2.45, 2.75) is 42.0 Å². The van der Waals surface area contributed by atoms with Crippen molar-refractivity contribution in [1.29, 1.82) is 0 Å². The average molecular weight is 390 g/mol. The molecule has 0 aromatic heterocycles. The van der Waals surface area contributed by atoms with Crippen LogP contribution in [0.25, 0.3) is 0 Å². The minimum atomic E-state index is -5.85. The second kappa shape index (κ2) is 6.44. The van der Waals surface area contributed by atoms with Gasteiger partial charge in [0.15, 0.2) is 0 Å². The summed E-state index contributed by atoms with van der Waals surface area (Å²) in [6.07, 6.45) is -9.74. The van der Waals surface area contributed by atoms with Crippen LogP contribution in [0.2, 0.25) is 0 Å². The summed E-state index contributed by atoms with van der Waals surface area (Å²) in [5.41, 5.74) is -1.32. The lowest BCUT2D eigenvalue weighted by atomic mass is 9.89. The lowest BCUT2D eigenvalue weighted by Crippen LogP contribution is -2.60. The van der Waals surface area contributed by atoms with E-state index >= 15 is 0 Å². The minimum Gasteiger partial charge on any atom is -0.306 e. The Morgan fingerprint density at radius 3 is 1.92 bits per heavy atom. The van der Waals surface area contributed by atoms with Gasteiger partial charge in [-0.25, -0.2) is 8.42 Å². The molecule has 0 amide bonds. The molecule has 0 unspecified atom stereocenters. The van der Waals surface area contributed by atoms with Gasteiger partial charge < -0.3 is 5.73 Å².